The number of nitrogens with zero attached hydrogens (tertiary/aromatic N) is 2. The van der Waals surface area contributed by atoms with Crippen molar-refractivity contribution in [2.75, 3.05) is 10.7 Å². The molecule has 3 aromatic carbocycles. The summed E-state index contributed by atoms with van der Waals surface area (Å²) in [6, 6.07) is 21.3. The molecule has 4 aromatic rings. The number of carbonyl (C=O) groups is 2. The van der Waals surface area contributed by atoms with Crippen LogP contribution in [0.5, 0.6) is 5.75 Å². The first-order chi connectivity index (χ1) is 17.9. The van der Waals surface area contributed by atoms with E-state index in [0.717, 1.165) is 23.0 Å². The lowest BCUT2D eigenvalue weighted by Crippen LogP contribution is -2.57. The number of aldehydes is 1. The van der Waals surface area contributed by atoms with Gasteiger partial charge in [-0.1, -0.05) is 36.4 Å². The minimum atomic E-state index is -0.845. The number of aliphatic hydroxyl groups is 1. The molecule has 3 atom stereocenters. The quantitative estimate of drug-likeness (QED) is 0.244. The minimum absolute atomic E-state index is 0.0910. The Morgan fingerprint density at radius 3 is 2.35 bits per heavy atom. The average molecular weight is 515 g/mol. The minimum Gasteiger partial charge on any atom is -0.508 e. The number of thioether (sulfide) groups is 1. The second kappa shape index (κ2) is 10.5. The maximum absolute atomic E-state index is 13.3. The fourth-order valence-electron chi connectivity index (χ4n) is 4.38. The second-order valence-electron chi connectivity index (χ2n) is 8.74. The third-order valence-electron chi connectivity index (χ3n) is 6.34. The number of rotatable bonds is 8. The molecule has 6 nitrogen and oxygen atoms in total. The molecule has 1 aliphatic rings. The van der Waals surface area contributed by atoms with E-state index < -0.39 is 11.4 Å². The average Bonchev–Trinajstić information content (AvgIpc) is 2.93. The number of aromatic hydroxyl groups is 1. The Hall–Kier alpha value is -4.01. The van der Waals surface area contributed by atoms with Crippen LogP contribution in [0.3, 0.4) is 0 Å². The van der Waals surface area contributed by atoms with Crippen LogP contribution in [0.2, 0.25) is 0 Å². The molecule has 186 valence electrons. The number of benzene rings is 3. The highest BCUT2D eigenvalue weighted by Crippen LogP contribution is 2.46. The van der Waals surface area contributed by atoms with Gasteiger partial charge < -0.3 is 15.1 Å². The number of phenols is 1. The van der Waals surface area contributed by atoms with Gasteiger partial charge in [0.1, 0.15) is 16.8 Å². The van der Waals surface area contributed by atoms with Gasteiger partial charge in [-0.25, -0.2) is 4.39 Å². The molecule has 37 heavy (non-hydrogen) atoms. The standard InChI is InChI=1S/C29H23FN2O4S/c30-23-7-1-20(2-8-23)26(35)17-37-28-27(21-5-11-25(34)12-6-21)32(29(28)36)24-9-3-19(4-10-24)22-13-18(16-33)14-31-15-22/h1-16,26-28,34-35H,17H2/t26-,27+,28+/m0/s1. The molecule has 0 aliphatic carbocycles. The Morgan fingerprint density at radius 2 is 1.68 bits per heavy atom. The molecule has 2 heterocycles. The molecule has 0 bridgehead atoms. The van der Waals surface area contributed by atoms with E-state index in [1.807, 2.05) is 24.3 Å². The summed E-state index contributed by atoms with van der Waals surface area (Å²) < 4.78 is 13.2. The highest BCUT2D eigenvalue weighted by molar-refractivity contribution is 8.00. The Labute approximate surface area is 217 Å². The third kappa shape index (κ3) is 5.12. The summed E-state index contributed by atoms with van der Waals surface area (Å²) in [6.45, 7) is 0. The van der Waals surface area contributed by atoms with Gasteiger partial charge in [-0.2, -0.15) is 0 Å². The molecule has 1 aliphatic heterocycles. The van der Waals surface area contributed by atoms with Crippen LogP contribution in [0.25, 0.3) is 11.1 Å². The molecule has 0 unspecified atom stereocenters. The van der Waals surface area contributed by atoms with Crippen molar-refractivity contribution in [3.63, 3.8) is 0 Å². The van der Waals surface area contributed by atoms with E-state index >= 15 is 0 Å². The van der Waals surface area contributed by atoms with Gasteiger partial charge in [0.2, 0.25) is 5.91 Å². The molecule has 2 N–H and O–H groups in total. The molecule has 1 fully saturated rings. The maximum atomic E-state index is 13.3. The summed E-state index contributed by atoms with van der Waals surface area (Å²) in [5.74, 6) is -0.0672. The lowest BCUT2D eigenvalue weighted by atomic mass is 9.92. The molecule has 0 saturated carbocycles. The van der Waals surface area contributed by atoms with Gasteiger partial charge in [-0.15, -0.1) is 11.8 Å². The normalized spacial score (nSPS) is 17.8. The lowest BCUT2D eigenvalue weighted by molar-refractivity contribution is -0.123. The van der Waals surface area contributed by atoms with E-state index in [9.17, 15) is 24.2 Å². The van der Waals surface area contributed by atoms with Crippen LogP contribution >= 0.6 is 11.8 Å². The number of aliphatic hydroxyl groups excluding tert-OH is 1. The zero-order chi connectivity index (χ0) is 25.9. The maximum Gasteiger partial charge on any atom is 0.243 e. The number of hydrogen-bond donors (Lipinski definition) is 2. The van der Waals surface area contributed by atoms with Crippen molar-refractivity contribution in [1.29, 1.82) is 0 Å². The molecule has 1 saturated heterocycles. The first kappa shape index (κ1) is 24.7. The zero-order valence-corrected chi connectivity index (χ0v) is 20.4. The Bertz CT molecular complexity index is 1410. The van der Waals surface area contributed by atoms with Crippen molar-refractivity contribution < 1.29 is 24.2 Å². The van der Waals surface area contributed by atoms with Gasteiger partial charge in [0.05, 0.1) is 12.1 Å². The Balaban J connectivity index is 1.37. The van der Waals surface area contributed by atoms with Gasteiger partial charge in [-0.05, 0) is 59.2 Å². The molecule has 0 spiro atoms. The van der Waals surface area contributed by atoms with Gasteiger partial charge in [-0.3, -0.25) is 14.6 Å². The Morgan fingerprint density at radius 1 is 0.973 bits per heavy atom. The third-order valence-corrected chi connectivity index (χ3v) is 7.67. The number of amides is 1. The lowest BCUT2D eigenvalue weighted by Gasteiger charge is -2.47. The fraction of sp³-hybridized carbons (Fsp3) is 0.138. The van der Waals surface area contributed by atoms with Crippen molar-refractivity contribution in [3.8, 4) is 16.9 Å². The van der Waals surface area contributed by atoms with Crippen molar-refractivity contribution >= 4 is 29.6 Å². The highest BCUT2D eigenvalue weighted by atomic mass is 32.2. The molecule has 0 radical (unpaired) electrons. The number of hydrogen-bond acceptors (Lipinski definition) is 6. The van der Waals surface area contributed by atoms with Crippen molar-refractivity contribution in [1.82, 2.24) is 4.98 Å². The van der Waals surface area contributed by atoms with Gasteiger partial charge >= 0.3 is 0 Å². The molecule has 5 rings (SSSR count). The number of halogens is 1. The van der Waals surface area contributed by atoms with E-state index in [-0.39, 0.29) is 29.3 Å². The van der Waals surface area contributed by atoms with E-state index in [2.05, 4.69) is 4.98 Å². The summed E-state index contributed by atoms with van der Waals surface area (Å²) in [4.78, 5) is 30.2. The largest absolute Gasteiger partial charge is 0.508 e. The van der Waals surface area contributed by atoms with E-state index in [1.165, 1.54) is 42.2 Å². The number of anilines is 1. The van der Waals surface area contributed by atoms with Crippen LogP contribution in [0.1, 0.15) is 33.6 Å². The van der Waals surface area contributed by atoms with E-state index in [1.54, 1.807) is 41.4 Å². The second-order valence-corrected chi connectivity index (χ2v) is 9.91. The highest BCUT2D eigenvalue weighted by Gasteiger charge is 2.49. The molecule has 1 aromatic heterocycles. The van der Waals surface area contributed by atoms with E-state index in [0.29, 0.717) is 16.8 Å². The number of phenolic OH excluding ortho intramolecular Hbond substituents is 1. The van der Waals surface area contributed by atoms with Crippen LogP contribution < -0.4 is 4.90 Å². The number of carbonyl (C=O) groups excluding carboxylic acids is 2. The van der Waals surface area contributed by atoms with Crippen molar-refractivity contribution in [3.05, 3.63) is 114 Å². The first-order valence-corrected chi connectivity index (χ1v) is 12.7. The molecule has 1 amide bonds. The van der Waals surface area contributed by atoms with Crippen LogP contribution in [0, 0.1) is 5.82 Å². The monoisotopic (exact) mass is 514 g/mol. The number of aromatic nitrogens is 1. The summed E-state index contributed by atoms with van der Waals surface area (Å²) >= 11 is 1.35. The zero-order valence-electron chi connectivity index (χ0n) is 19.6. The van der Waals surface area contributed by atoms with Crippen LogP contribution in [0.15, 0.2) is 91.3 Å². The number of pyridine rings is 1. The summed E-state index contributed by atoms with van der Waals surface area (Å²) in [5.41, 5.74) is 4.30. The SMILES string of the molecule is O=Cc1cncc(-c2ccc(N3C(=O)[C@H](SC[C@H](O)c4ccc(F)cc4)[C@H]3c3ccc(O)cc3)cc2)c1. The van der Waals surface area contributed by atoms with Crippen LogP contribution in [-0.2, 0) is 4.79 Å². The van der Waals surface area contributed by atoms with E-state index in [4.69, 9.17) is 0 Å². The van der Waals surface area contributed by atoms with Crippen LogP contribution in [-0.4, -0.2) is 38.4 Å². The van der Waals surface area contributed by atoms with Gasteiger partial charge in [0.15, 0.2) is 6.29 Å². The van der Waals surface area contributed by atoms with Crippen molar-refractivity contribution in [2.24, 2.45) is 0 Å². The predicted molar refractivity (Wildman–Crippen MR) is 141 cm³/mol. The number of β-lactam (4-membered cyclic amide) rings is 1. The summed E-state index contributed by atoms with van der Waals surface area (Å²) in [5, 5.41) is 19.9. The smallest absolute Gasteiger partial charge is 0.243 e. The molecule has 8 heteroatoms. The topological polar surface area (TPSA) is 90.7 Å². The van der Waals surface area contributed by atoms with Gasteiger partial charge in [0, 0.05) is 35.0 Å². The molecular weight excluding hydrogens is 491 g/mol. The fourth-order valence-corrected chi connectivity index (χ4v) is 5.68. The summed E-state index contributed by atoms with van der Waals surface area (Å²) in [7, 11) is 0. The Kier molecular flexibility index (Phi) is 7.03. The van der Waals surface area contributed by atoms with Crippen molar-refractivity contribution in [2.45, 2.75) is 17.4 Å². The van der Waals surface area contributed by atoms with Gasteiger partial charge in [0.25, 0.3) is 0 Å². The van der Waals surface area contributed by atoms with Crippen LogP contribution in [0.4, 0.5) is 10.1 Å². The molecular formula is C29H23FN2O4S. The summed E-state index contributed by atoms with van der Waals surface area (Å²) in [6.07, 6.45) is 3.07. The predicted octanol–water partition coefficient (Wildman–Crippen LogP) is 5.33. The first-order valence-electron chi connectivity index (χ1n) is 11.6.